The topological polar surface area (TPSA) is 26.0 Å². The summed E-state index contributed by atoms with van der Waals surface area (Å²) in [5.41, 5.74) is 5.73. The summed E-state index contributed by atoms with van der Waals surface area (Å²) in [6.07, 6.45) is 2.44. The first-order valence-electron chi connectivity index (χ1n) is 4.96. The quantitative estimate of drug-likeness (QED) is 0.879. The molecule has 0 aromatic heterocycles. The summed E-state index contributed by atoms with van der Waals surface area (Å²) < 4.78 is 27.3. The summed E-state index contributed by atoms with van der Waals surface area (Å²) in [5.74, 6) is -1.16. The Balaban J connectivity index is 0.00000225. The van der Waals surface area contributed by atoms with Crippen molar-refractivity contribution in [2.24, 2.45) is 5.73 Å². The lowest BCUT2D eigenvalue weighted by Gasteiger charge is -2.13. The van der Waals surface area contributed by atoms with Crippen LogP contribution in [0.25, 0.3) is 0 Å². The van der Waals surface area contributed by atoms with Crippen LogP contribution in [-0.4, -0.2) is 0 Å². The molecule has 0 amide bonds. The molecule has 0 spiro atoms. The summed E-state index contributed by atoms with van der Waals surface area (Å²) in [5, 5.41) is 0. The maximum atomic E-state index is 13.4. The molecular formula is C11H15BrClF2N. The van der Waals surface area contributed by atoms with Crippen molar-refractivity contribution in [1.29, 1.82) is 0 Å². The van der Waals surface area contributed by atoms with Gasteiger partial charge in [0.15, 0.2) is 0 Å². The second-order valence-electron chi connectivity index (χ2n) is 3.53. The molecule has 1 aromatic carbocycles. The van der Waals surface area contributed by atoms with Crippen LogP contribution in [-0.2, 0) is 0 Å². The predicted molar refractivity (Wildman–Crippen MR) is 67.8 cm³/mol. The van der Waals surface area contributed by atoms with E-state index < -0.39 is 17.7 Å². The largest absolute Gasteiger partial charge is 0.324 e. The molecule has 0 heterocycles. The summed E-state index contributed by atoms with van der Waals surface area (Å²) in [4.78, 5) is 0. The Morgan fingerprint density at radius 2 is 1.81 bits per heavy atom. The lowest BCUT2D eigenvalue weighted by molar-refractivity contribution is 0.501. The molecule has 2 N–H and O–H groups in total. The molecule has 0 fully saturated rings. The average molecular weight is 315 g/mol. The van der Waals surface area contributed by atoms with Crippen molar-refractivity contribution in [2.75, 3.05) is 0 Å². The minimum atomic E-state index is -0.578. The van der Waals surface area contributed by atoms with Crippen molar-refractivity contribution < 1.29 is 8.78 Å². The predicted octanol–water partition coefficient (Wildman–Crippen LogP) is 4.34. The van der Waals surface area contributed by atoms with E-state index in [4.69, 9.17) is 5.73 Å². The first-order chi connectivity index (χ1) is 7.06. The number of unbranched alkanes of at least 4 members (excludes halogenated alkanes) is 1. The molecule has 0 bridgehead atoms. The van der Waals surface area contributed by atoms with E-state index in [2.05, 4.69) is 15.9 Å². The zero-order chi connectivity index (χ0) is 11.4. The maximum absolute atomic E-state index is 13.4. The third-order valence-corrected chi connectivity index (χ3v) is 2.74. The van der Waals surface area contributed by atoms with E-state index >= 15 is 0 Å². The van der Waals surface area contributed by atoms with E-state index in [1.54, 1.807) is 0 Å². The van der Waals surface area contributed by atoms with Crippen LogP contribution in [0.3, 0.4) is 0 Å². The maximum Gasteiger partial charge on any atom is 0.132 e. The summed E-state index contributed by atoms with van der Waals surface area (Å²) in [7, 11) is 0. The fraction of sp³-hybridized carbons (Fsp3) is 0.455. The van der Waals surface area contributed by atoms with Crippen molar-refractivity contribution in [3.63, 3.8) is 0 Å². The molecule has 0 radical (unpaired) electrons. The number of rotatable bonds is 4. The standard InChI is InChI=1S/C11H14BrF2N.ClH/c1-2-3-4-10(15)11-8(13)5-7(12)6-9(11)14;/h5-6,10H,2-4,15H2,1H3;1H/t10-;/m0./s1. The molecule has 5 heteroatoms. The first kappa shape index (κ1) is 15.8. The van der Waals surface area contributed by atoms with Crippen LogP contribution in [0.1, 0.15) is 37.8 Å². The van der Waals surface area contributed by atoms with Gasteiger partial charge in [-0.2, -0.15) is 0 Å². The molecule has 0 unspecified atom stereocenters. The third-order valence-electron chi connectivity index (χ3n) is 2.28. The second-order valence-corrected chi connectivity index (χ2v) is 4.45. The van der Waals surface area contributed by atoms with Gasteiger partial charge in [0.2, 0.25) is 0 Å². The highest BCUT2D eigenvalue weighted by Crippen LogP contribution is 2.26. The highest BCUT2D eigenvalue weighted by atomic mass is 79.9. The average Bonchev–Trinajstić information content (AvgIpc) is 2.12. The molecular weight excluding hydrogens is 299 g/mol. The van der Waals surface area contributed by atoms with E-state index in [1.807, 2.05) is 6.92 Å². The van der Waals surface area contributed by atoms with Gasteiger partial charge in [-0.1, -0.05) is 35.7 Å². The van der Waals surface area contributed by atoms with Crippen LogP contribution < -0.4 is 5.73 Å². The second kappa shape index (κ2) is 7.20. The highest BCUT2D eigenvalue weighted by Gasteiger charge is 2.16. The molecule has 0 saturated heterocycles. The van der Waals surface area contributed by atoms with Crippen LogP contribution in [0, 0.1) is 11.6 Å². The molecule has 0 aliphatic heterocycles. The smallest absolute Gasteiger partial charge is 0.132 e. The normalized spacial score (nSPS) is 12.1. The third kappa shape index (κ3) is 4.00. The van der Waals surface area contributed by atoms with E-state index in [-0.39, 0.29) is 18.0 Å². The zero-order valence-corrected chi connectivity index (χ0v) is 11.4. The van der Waals surface area contributed by atoms with Gasteiger partial charge in [0.25, 0.3) is 0 Å². The molecule has 1 atom stereocenters. The Hall–Kier alpha value is -0.190. The Labute approximate surface area is 109 Å². The van der Waals surface area contributed by atoms with Crippen LogP contribution >= 0.6 is 28.3 Å². The minimum absolute atomic E-state index is 0. The zero-order valence-electron chi connectivity index (χ0n) is 8.97. The van der Waals surface area contributed by atoms with Gasteiger partial charge in [-0.15, -0.1) is 12.4 Å². The molecule has 1 nitrogen and oxygen atoms in total. The number of benzene rings is 1. The van der Waals surface area contributed by atoms with Gasteiger partial charge in [-0.05, 0) is 18.6 Å². The van der Waals surface area contributed by atoms with E-state index in [1.165, 1.54) is 12.1 Å². The molecule has 1 aromatic rings. The fourth-order valence-corrected chi connectivity index (χ4v) is 1.88. The van der Waals surface area contributed by atoms with Crippen molar-refractivity contribution in [3.05, 3.63) is 33.8 Å². The van der Waals surface area contributed by atoms with Crippen LogP contribution in [0.4, 0.5) is 8.78 Å². The van der Waals surface area contributed by atoms with Gasteiger partial charge in [-0.3, -0.25) is 0 Å². The fourth-order valence-electron chi connectivity index (χ4n) is 1.48. The SMILES string of the molecule is CCCC[C@H](N)c1c(F)cc(Br)cc1F.Cl. The van der Waals surface area contributed by atoms with Crippen molar-refractivity contribution in [3.8, 4) is 0 Å². The number of hydrogen-bond acceptors (Lipinski definition) is 1. The molecule has 0 aliphatic carbocycles. The van der Waals surface area contributed by atoms with Gasteiger partial charge in [0.1, 0.15) is 11.6 Å². The van der Waals surface area contributed by atoms with Gasteiger partial charge in [0.05, 0.1) is 0 Å². The van der Waals surface area contributed by atoms with Gasteiger partial charge >= 0.3 is 0 Å². The molecule has 92 valence electrons. The molecule has 0 saturated carbocycles. The number of hydrogen-bond donors (Lipinski definition) is 1. The van der Waals surface area contributed by atoms with Crippen molar-refractivity contribution in [2.45, 2.75) is 32.2 Å². The van der Waals surface area contributed by atoms with E-state index in [9.17, 15) is 8.78 Å². The summed E-state index contributed by atoms with van der Waals surface area (Å²) >= 11 is 3.03. The number of halogens is 4. The molecule has 16 heavy (non-hydrogen) atoms. The Morgan fingerprint density at radius 3 is 2.25 bits per heavy atom. The van der Waals surface area contributed by atoms with Crippen LogP contribution in [0.2, 0.25) is 0 Å². The Morgan fingerprint density at radius 1 is 1.31 bits per heavy atom. The molecule has 1 rings (SSSR count). The first-order valence-corrected chi connectivity index (χ1v) is 5.75. The Kier molecular flexibility index (Phi) is 7.11. The highest BCUT2D eigenvalue weighted by molar-refractivity contribution is 9.10. The summed E-state index contributed by atoms with van der Waals surface area (Å²) in [6, 6.07) is 1.92. The van der Waals surface area contributed by atoms with Gasteiger partial charge in [-0.25, -0.2) is 8.78 Å². The Bertz CT molecular complexity index is 324. The van der Waals surface area contributed by atoms with E-state index in [0.717, 1.165) is 12.8 Å². The van der Waals surface area contributed by atoms with Gasteiger partial charge in [0, 0.05) is 16.1 Å². The number of nitrogens with two attached hydrogens (primary N) is 1. The van der Waals surface area contributed by atoms with Crippen LogP contribution in [0.5, 0.6) is 0 Å². The lowest BCUT2D eigenvalue weighted by atomic mass is 10.0. The monoisotopic (exact) mass is 313 g/mol. The van der Waals surface area contributed by atoms with Crippen molar-refractivity contribution >= 4 is 28.3 Å². The molecule has 0 aliphatic rings. The van der Waals surface area contributed by atoms with Crippen molar-refractivity contribution in [1.82, 2.24) is 0 Å². The van der Waals surface area contributed by atoms with E-state index in [0.29, 0.717) is 10.9 Å². The minimum Gasteiger partial charge on any atom is -0.324 e. The van der Waals surface area contributed by atoms with Gasteiger partial charge < -0.3 is 5.73 Å². The van der Waals surface area contributed by atoms with Crippen LogP contribution in [0.15, 0.2) is 16.6 Å². The lowest BCUT2D eigenvalue weighted by Crippen LogP contribution is -2.14. The summed E-state index contributed by atoms with van der Waals surface area (Å²) in [6.45, 7) is 2.01.